The van der Waals surface area contributed by atoms with Crippen LogP contribution in [0.4, 0.5) is 5.69 Å². The summed E-state index contributed by atoms with van der Waals surface area (Å²) in [5.74, 6) is 0. The molecule has 0 radical (unpaired) electrons. The van der Waals surface area contributed by atoms with Gasteiger partial charge in [-0.3, -0.25) is 9.48 Å². The van der Waals surface area contributed by atoms with Gasteiger partial charge in [0.05, 0.1) is 11.4 Å². The summed E-state index contributed by atoms with van der Waals surface area (Å²) in [4.78, 5) is 12.1. The van der Waals surface area contributed by atoms with Crippen molar-refractivity contribution in [3.8, 4) is 5.69 Å². The van der Waals surface area contributed by atoms with Gasteiger partial charge in [0.1, 0.15) is 5.69 Å². The zero-order valence-electron chi connectivity index (χ0n) is 10.6. The second-order valence-electron chi connectivity index (χ2n) is 4.38. The summed E-state index contributed by atoms with van der Waals surface area (Å²) in [6, 6.07) is 5.97. The van der Waals surface area contributed by atoms with Crippen LogP contribution < -0.4 is 11.3 Å². The predicted molar refractivity (Wildman–Crippen MR) is 69.6 cm³/mol. The summed E-state index contributed by atoms with van der Waals surface area (Å²) in [5.41, 5.74) is 9.78. The largest absolute Gasteiger partial charge is 0.393 e. The molecule has 0 atom stereocenters. The highest BCUT2D eigenvalue weighted by Gasteiger charge is 2.15. The molecule has 0 aliphatic carbocycles. The van der Waals surface area contributed by atoms with Crippen molar-refractivity contribution in [1.82, 2.24) is 9.36 Å². The summed E-state index contributed by atoms with van der Waals surface area (Å²) in [6.07, 6.45) is 0. The third-order valence-corrected chi connectivity index (χ3v) is 3.25. The van der Waals surface area contributed by atoms with E-state index in [4.69, 9.17) is 5.73 Å². The van der Waals surface area contributed by atoms with Gasteiger partial charge in [0.15, 0.2) is 0 Å². The summed E-state index contributed by atoms with van der Waals surface area (Å²) in [7, 11) is 1.85. The van der Waals surface area contributed by atoms with Crippen LogP contribution in [0.5, 0.6) is 0 Å². The first-order chi connectivity index (χ1) is 7.95. The van der Waals surface area contributed by atoms with Crippen molar-refractivity contribution < 1.29 is 0 Å². The lowest BCUT2D eigenvalue weighted by molar-refractivity contribution is 0.625. The number of nitrogens with two attached hydrogens (primary N) is 1. The van der Waals surface area contributed by atoms with Crippen LogP contribution in [0.1, 0.15) is 16.8 Å². The Kier molecular flexibility index (Phi) is 2.58. The number of benzene rings is 1. The average Bonchev–Trinajstić information content (AvgIpc) is 2.46. The molecule has 1 aromatic heterocycles. The SMILES string of the molecule is Cc1cccc(C)c1-n1c(=O)c(N)c(C)n1C. The van der Waals surface area contributed by atoms with Crippen LogP contribution in [0.3, 0.4) is 0 Å². The molecule has 90 valence electrons. The van der Waals surface area contributed by atoms with Crippen LogP contribution in [0.15, 0.2) is 23.0 Å². The Morgan fingerprint density at radius 2 is 1.65 bits per heavy atom. The molecular formula is C13H17N3O. The molecule has 0 fully saturated rings. The van der Waals surface area contributed by atoms with E-state index in [0.29, 0.717) is 5.69 Å². The molecule has 0 aliphatic heterocycles. The first-order valence-corrected chi connectivity index (χ1v) is 5.55. The molecule has 2 N–H and O–H groups in total. The highest BCUT2D eigenvalue weighted by Crippen LogP contribution is 2.19. The molecule has 2 rings (SSSR count). The third kappa shape index (κ3) is 1.56. The van der Waals surface area contributed by atoms with E-state index in [2.05, 4.69) is 0 Å². The fraction of sp³-hybridized carbons (Fsp3) is 0.308. The minimum absolute atomic E-state index is 0.151. The lowest BCUT2D eigenvalue weighted by atomic mass is 10.1. The Labute approximate surface area is 100 Å². The first-order valence-electron chi connectivity index (χ1n) is 5.55. The average molecular weight is 231 g/mol. The second-order valence-corrected chi connectivity index (χ2v) is 4.38. The van der Waals surface area contributed by atoms with E-state index in [0.717, 1.165) is 22.5 Å². The molecule has 2 aromatic rings. The predicted octanol–water partition coefficient (Wildman–Crippen LogP) is 1.68. The van der Waals surface area contributed by atoms with Gasteiger partial charge in [-0.05, 0) is 31.9 Å². The van der Waals surface area contributed by atoms with Crippen molar-refractivity contribution in [1.29, 1.82) is 0 Å². The van der Waals surface area contributed by atoms with Crippen LogP contribution in [0.25, 0.3) is 5.69 Å². The number of hydrogen-bond donors (Lipinski definition) is 1. The lowest BCUT2D eigenvalue weighted by Gasteiger charge is -2.13. The zero-order valence-corrected chi connectivity index (χ0v) is 10.6. The van der Waals surface area contributed by atoms with E-state index in [1.807, 2.05) is 46.0 Å². The number of aromatic nitrogens is 2. The minimum Gasteiger partial charge on any atom is -0.393 e. The van der Waals surface area contributed by atoms with Crippen LogP contribution >= 0.6 is 0 Å². The summed E-state index contributed by atoms with van der Waals surface area (Å²) in [5, 5.41) is 0. The van der Waals surface area contributed by atoms with Crippen LogP contribution in [0.2, 0.25) is 0 Å². The standard InChI is InChI=1S/C13H17N3O/c1-8-6-5-7-9(2)12(8)16-13(17)11(14)10(3)15(16)4/h5-7H,14H2,1-4H3. The van der Waals surface area contributed by atoms with E-state index in [9.17, 15) is 4.79 Å². The molecule has 4 nitrogen and oxygen atoms in total. The minimum atomic E-state index is -0.151. The molecule has 0 unspecified atom stereocenters. The zero-order chi connectivity index (χ0) is 12.7. The number of para-hydroxylation sites is 1. The molecule has 0 spiro atoms. The molecular weight excluding hydrogens is 214 g/mol. The van der Waals surface area contributed by atoms with Gasteiger partial charge in [0.2, 0.25) is 0 Å². The Balaban J connectivity index is 2.87. The van der Waals surface area contributed by atoms with Crippen LogP contribution in [0, 0.1) is 20.8 Å². The van der Waals surface area contributed by atoms with Crippen LogP contribution in [-0.2, 0) is 7.05 Å². The highest BCUT2D eigenvalue weighted by atomic mass is 16.1. The van der Waals surface area contributed by atoms with Crippen molar-refractivity contribution in [2.24, 2.45) is 7.05 Å². The summed E-state index contributed by atoms with van der Waals surface area (Å²) < 4.78 is 3.43. The van der Waals surface area contributed by atoms with Gasteiger partial charge in [0, 0.05) is 7.05 Å². The van der Waals surface area contributed by atoms with Crippen molar-refractivity contribution in [3.05, 3.63) is 45.4 Å². The van der Waals surface area contributed by atoms with E-state index in [1.54, 1.807) is 9.36 Å². The molecule has 0 aliphatic rings. The Hall–Kier alpha value is -1.97. The van der Waals surface area contributed by atoms with E-state index >= 15 is 0 Å². The number of hydrogen-bond acceptors (Lipinski definition) is 2. The maximum atomic E-state index is 12.1. The van der Waals surface area contributed by atoms with Gasteiger partial charge in [-0.25, -0.2) is 4.68 Å². The summed E-state index contributed by atoms with van der Waals surface area (Å²) >= 11 is 0. The fourth-order valence-corrected chi connectivity index (χ4v) is 2.12. The Bertz CT molecular complexity index is 615. The fourth-order valence-electron chi connectivity index (χ4n) is 2.12. The highest BCUT2D eigenvalue weighted by molar-refractivity contribution is 5.50. The number of rotatable bonds is 1. The number of aryl methyl sites for hydroxylation is 2. The van der Waals surface area contributed by atoms with Crippen molar-refractivity contribution in [3.63, 3.8) is 0 Å². The molecule has 0 bridgehead atoms. The molecule has 0 saturated heterocycles. The second kappa shape index (κ2) is 3.80. The van der Waals surface area contributed by atoms with Gasteiger partial charge in [0.25, 0.3) is 5.56 Å². The van der Waals surface area contributed by atoms with Crippen LogP contribution in [-0.4, -0.2) is 9.36 Å². The topological polar surface area (TPSA) is 52.9 Å². The number of nitrogens with zero attached hydrogens (tertiary/aromatic N) is 2. The maximum Gasteiger partial charge on any atom is 0.294 e. The van der Waals surface area contributed by atoms with Gasteiger partial charge in [-0.1, -0.05) is 18.2 Å². The number of anilines is 1. The quantitative estimate of drug-likeness (QED) is 0.812. The van der Waals surface area contributed by atoms with E-state index < -0.39 is 0 Å². The molecule has 17 heavy (non-hydrogen) atoms. The first kappa shape index (κ1) is 11.5. The van der Waals surface area contributed by atoms with Crippen molar-refractivity contribution >= 4 is 5.69 Å². The number of nitrogen functional groups attached to an aromatic ring is 1. The van der Waals surface area contributed by atoms with E-state index in [1.165, 1.54) is 0 Å². The third-order valence-electron chi connectivity index (χ3n) is 3.25. The van der Waals surface area contributed by atoms with E-state index in [-0.39, 0.29) is 5.56 Å². The van der Waals surface area contributed by atoms with Gasteiger partial charge in [-0.15, -0.1) is 0 Å². The monoisotopic (exact) mass is 231 g/mol. The summed E-state index contributed by atoms with van der Waals surface area (Å²) in [6.45, 7) is 5.83. The molecule has 1 heterocycles. The molecule has 0 saturated carbocycles. The Morgan fingerprint density at radius 1 is 1.12 bits per heavy atom. The molecule has 4 heteroatoms. The molecule has 1 aromatic carbocycles. The van der Waals surface area contributed by atoms with Gasteiger partial charge < -0.3 is 5.73 Å². The maximum absolute atomic E-state index is 12.1. The van der Waals surface area contributed by atoms with Crippen molar-refractivity contribution in [2.45, 2.75) is 20.8 Å². The smallest absolute Gasteiger partial charge is 0.294 e. The van der Waals surface area contributed by atoms with Crippen molar-refractivity contribution in [2.75, 3.05) is 5.73 Å². The molecule has 0 amide bonds. The normalized spacial score (nSPS) is 10.8. The van der Waals surface area contributed by atoms with Gasteiger partial charge >= 0.3 is 0 Å². The lowest BCUT2D eigenvalue weighted by Crippen LogP contribution is -2.22. The Morgan fingerprint density at radius 3 is 2.06 bits per heavy atom. The van der Waals surface area contributed by atoms with Gasteiger partial charge in [-0.2, -0.15) is 0 Å².